The summed E-state index contributed by atoms with van der Waals surface area (Å²) in [6.07, 6.45) is 3.18. The van der Waals surface area contributed by atoms with Gasteiger partial charge in [0.25, 0.3) is 11.5 Å². The first-order valence-electron chi connectivity index (χ1n) is 7.86. The molecule has 1 aromatic heterocycles. The summed E-state index contributed by atoms with van der Waals surface area (Å²) in [6.45, 7) is 1.25. The van der Waals surface area contributed by atoms with Gasteiger partial charge < -0.3 is 9.47 Å². The van der Waals surface area contributed by atoms with Crippen molar-refractivity contribution in [3.63, 3.8) is 0 Å². The summed E-state index contributed by atoms with van der Waals surface area (Å²) in [7, 11) is 1.58. The van der Waals surface area contributed by atoms with E-state index in [0.717, 1.165) is 18.4 Å². The average Bonchev–Trinajstić information content (AvgIpc) is 2.59. The Hall–Kier alpha value is -2.14. The van der Waals surface area contributed by atoms with E-state index in [-0.39, 0.29) is 22.3 Å². The van der Waals surface area contributed by atoms with Crippen LogP contribution in [0.25, 0.3) is 0 Å². The molecule has 1 saturated heterocycles. The number of hydrogen-bond donors (Lipinski definition) is 0. The van der Waals surface area contributed by atoms with Crippen molar-refractivity contribution in [2.24, 2.45) is 7.05 Å². The van der Waals surface area contributed by atoms with Gasteiger partial charge in [0, 0.05) is 26.3 Å². The van der Waals surface area contributed by atoms with Crippen LogP contribution in [-0.2, 0) is 7.05 Å². The minimum absolute atomic E-state index is 0.0459. The number of hydrogen-bond acceptors (Lipinski definition) is 2. The van der Waals surface area contributed by atoms with Gasteiger partial charge in [0.1, 0.15) is 10.8 Å². The SMILES string of the molecule is Cn1cc(C(=O)N2CCC(c3ccc(F)cc3)CC2)cc(Cl)c1=O. The lowest BCUT2D eigenvalue weighted by molar-refractivity contribution is 0.0712. The summed E-state index contributed by atoms with van der Waals surface area (Å²) in [6, 6.07) is 7.99. The van der Waals surface area contributed by atoms with Crippen molar-refractivity contribution in [2.75, 3.05) is 13.1 Å². The minimum atomic E-state index is -0.316. The Balaban J connectivity index is 1.69. The first-order chi connectivity index (χ1) is 11.5. The van der Waals surface area contributed by atoms with Gasteiger partial charge in [0.15, 0.2) is 0 Å². The number of amides is 1. The van der Waals surface area contributed by atoms with E-state index in [4.69, 9.17) is 11.6 Å². The van der Waals surface area contributed by atoms with E-state index < -0.39 is 0 Å². The Bertz CT molecular complexity index is 783. The molecule has 0 saturated carbocycles. The molecule has 1 aliphatic heterocycles. The first-order valence-corrected chi connectivity index (χ1v) is 8.24. The van der Waals surface area contributed by atoms with E-state index in [1.807, 2.05) is 12.1 Å². The Labute approximate surface area is 144 Å². The van der Waals surface area contributed by atoms with Gasteiger partial charge in [-0.1, -0.05) is 23.7 Å². The van der Waals surface area contributed by atoms with Crippen LogP contribution in [0.15, 0.2) is 41.3 Å². The van der Waals surface area contributed by atoms with Crippen LogP contribution in [0.4, 0.5) is 4.39 Å². The summed E-state index contributed by atoms with van der Waals surface area (Å²) >= 11 is 5.88. The lowest BCUT2D eigenvalue weighted by atomic mass is 9.89. The van der Waals surface area contributed by atoms with Gasteiger partial charge in [-0.05, 0) is 42.5 Å². The highest BCUT2D eigenvalue weighted by Gasteiger charge is 2.25. The molecular formula is C18H18ClFN2O2. The molecule has 4 nitrogen and oxygen atoms in total. The van der Waals surface area contributed by atoms with E-state index in [1.165, 1.54) is 29.0 Å². The van der Waals surface area contributed by atoms with Crippen molar-refractivity contribution in [3.05, 3.63) is 68.8 Å². The molecule has 1 fully saturated rings. The van der Waals surface area contributed by atoms with Crippen molar-refractivity contribution in [2.45, 2.75) is 18.8 Å². The number of aromatic nitrogens is 1. The van der Waals surface area contributed by atoms with E-state index in [9.17, 15) is 14.0 Å². The van der Waals surface area contributed by atoms with Gasteiger partial charge in [0.05, 0.1) is 5.56 Å². The average molecular weight is 349 g/mol. The predicted octanol–water partition coefficient (Wildman–Crippen LogP) is 3.20. The second kappa shape index (κ2) is 6.77. The molecule has 6 heteroatoms. The number of halogens is 2. The Kier molecular flexibility index (Phi) is 4.71. The van der Waals surface area contributed by atoms with Crippen molar-refractivity contribution in [1.29, 1.82) is 0 Å². The van der Waals surface area contributed by atoms with Gasteiger partial charge in [-0.15, -0.1) is 0 Å². The molecule has 126 valence electrons. The molecule has 1 amide bonds. The zero-order valence-corrected chi connectivity index (χ0v) is 14.1. The molecule has 1 aliphatic rings. The summed E-state index contributed by atoms with van der Waals surface area (Å²) in [5.41, 5.74) is 1.21. The summed E-state index contributed by atoms with van der Waals surface area (Å²) in [5.74, 6) is -0.0265. The molecular weight excluding hydrogens is 331 g/mol. The van der Waals surface area contributed by atoms with Crippen LogP contribution in [0.5, 0.6) is 0 Å². The molecule has 0 N–H and O–H groups in total. The number of carbonyl (C=O) groups excluding carboxylic acids is 1. The minimum Gasteiger partial charge on any atom is -0.339 e. The van der Waals surface area contributed by atoms with E-state index >= 15 is 0 Å². The van der Waals surface area contributed by atoms with Gasteiger partial charge >= 0.3 is 0 Å². The molecule has 24 heavy (non-hydrogen) atoms. The highest BCUT2D eigenvalue weighted by molar-refractivity contribution is 6.30. The number of benzene rings is 1. The maximum Gasteiger partial charge on any atom is 0.269 e. The number of piperidine rings is 1. The monoisotopic (exact) mass is 348 g/mol. The van der Waals surface area contributed by atoms with Crippen molar-refractivity contribution < 1.29 is 9.18 Å². The fraction of sp³-hybridized carbons (Fsp3) is 0.333. The van der Waals surface area contributed by atoms with Crippen LogP contribution in [0.2, 0.25) is 5.02 Å². The van der Waals surface area contributed by atoms with Crippen molar-refractivity contribution >= 4 is 17.5 Å². The molecule has 3 rings (SSSR count). The third-order valence-corrected chi connectivity index (χ3v) is 4.78. The maximum absolute atomic E-state index is 13.0. The Morgan fingerprint density at radius 3 is 2.42 bits per heavy atom. The standard InChI is InChI=1S/C18H18ClFN2O2/c1-21-11-14(10-16(19)18(21)24)17(23)22-8-6-13(7-9-22)12-2-4-15(20)5-3-12/h2-5,10-11,13H,6-9H2,1H3. The van der Waals surface area contributed by atoms with Crippen molar-refractivity contribution in [3.8, 4) is 0 Å². The quantitative estimate of drug-likeness (QED) is 0.836. The molecule has 2 heterocycles. The molecule has 2 aromatic rings. The predicted molar refractivity (Wildman–Crippen MR) is 91.0 cm³/mol. The molecule has 0 radical (unpaired) electrons. The third-order valence-electron chi connectivity index (χ3n) is 4.51. The van der Waals surface area contributed by atoms with Crippen LogP contribution in [0.1, 0.15) is 34.7 Å². The number of pyridine rings is 1. The van der Waals surface area contributed by atoms with Crippen molar-refractivity contribution in [1.82, 2.24) is 9.47 Å². The van der Waals surface area contributed by atoms with Gasteiger partial charge in [-0.2, -0.15) is 0 Å². The number of likely N-dealkylation sites (tertiary alicyclic amines) is 1. The lowest BCUT2D eigenvalue weighted by Crippen LogP contribution is -2.38. The first kappa shape index (κ1) is 16.7. The third kappa shape index (κ3) is 3.36. The topological polar surface area (TPSA) is 42.3 Å². The normalized spacial score (nSPS) is 15.5. The molecule has 0 atom stereocenters. The highest BCUT2D eigenvalue weighted by atomic mass is 35.5. The number of aryl methyl sites for hydroxylation is 1. The fourth-order valence-electron chi connectivity index (χ4n) is 3.12. The van der Waals surface area contributed by atoms with Crippen LogP contribution in [0, 0.1) is 5.82 Å². The van der Waals surface area contributed by atoms with Crippen LogP contribution >= 0.6 is 11.6 Å². The Morgan fingerprint density at radius 2 is 1.83 bits per heavy atom. The molecule has 1 aromatic carbocycles. The van der Waals surface area contributed by atoms with Gasteiger partial charge in [0.2, 0.25) is 0 Å². The molecule has 0 unspecified atom stereocenters. The van der Waals surface area contributed by atoms with Crippen LogP contribution in [0.3, 0.4) is 0 Å². The number of nitrogens with zero attached hydrogens (tertiary/aromatic N) is 2. The zero-order chi connectivity index (χ0) is 17.3. The molecule has 0 spiro atoms. The zero-order valence-electron chi connectivity index (χ0n) is 13.3. The lowest BCUT2D eigenvalue weighted by Gasteiger charge is -2.32. The fourth-order valence-corrected chi connectivity index (χ4v) is 3.37. The number of carbonyl (C=O) groups is 1. The highest BCUT2D eigenvalue weighted by Crippen LogP contribution is 2.28. The summed E-state index contributed by atoms with van der Waals surface area (Å²) in [5, 5.41) is 0.0459. The molecule has 0 aliphatic carbocycles. The summed E-state index contributed by atoms with van der Waals surface area (Å²) < 4.78 is 14.3. The van der Waals surface area contributed by atoms with Gasteiger partial charge in [-0.3, -0.25) is 9.59 Å². The Morgan fingerprint density at radius 1 is 1.21 bits per heavy atom. The van der Waals surface area contributed by atoms with Crippen LogP contribution in [-0.4, -0.2) is 28.5 Å². The van der Waals surface area contributed by atoms with Crippen LogP contribution < -0.4 is 5.56 Å². The largest absolute Gasteiger partial charge is 0.339 e. The van der Waals surface area contributed by atoms with E-state index in [1.54, 1.807) is 11.9 Å². The smallest absolute Gasteiger partial charge is 0.269 e. The summed E-state index contributed by atoms with van der Waals surface area (Å²) in [4.78, 5) is 26.0. The maximum atomic E-state index is 13.0. The number of rotatable bonds is 2. The van der Waals surface area contributed by atoms with Gasteiger partial charge in [-0.25, -0.2) is 4.39 Å². The second-order valence-electron chi connectivity index (χ2n) is 6.11. The molecule has 0 bridgehead atoms. The second-order valence-corrected chi connectivity index (χ2v) is 6.52. The van der Waals surface area contributed by atoms with E-state index in [0.29, 0.717) is 24.6 Å². The van der Waals surface area contributed by atoms with E-state index in [2.05, 4.69) is 0 Å².